The molecule has 0 amide bonds. The van der Waals surface area contributed by atoms with Gasteiger partial charge in [0.1, 0.15) is 0 Å². The topological polar surface area (TPSA) is 18.5 Å². The maximum atomic E-state index is 3.51. The number of nitrogens with one attached hydrogen (secondary N) is 1. The molecule has 1 aromatic carbocycles. The number of aryl methyl sites for hydroxylation is 1. The highest BCUT2D eigenvalue weighted by atomic mass is 15.2. The molecule has 0 saturated heterocycles. The zero-order chi connectivity index (χ0) is 15.0. The highest BCUT2D eigenvalue weighted by molar-refractivity contribution is 5.44. The summed E-state index contributed by atoms with van der Waals surface area (Å²) in [5.41, 5.74) is 2.52. The van der Waals surface area contributed by atoms with E-state index in [4.69, 9.17) is 0 Å². The summed E-state index contributed by atoms with van der Waals surface area (Å²) in [4.78, 5) is 4.80. The van der Waals surface area contributed by atoms with Crippen molar-refractivity contribution in [3.63, 3.8) is 0 Å². The van der Waals surface area contributed by atoms with E-state index in [0.29, 0.717) is 0 Å². The van der Waals surface area contributed by atoms with Crippen LogP contribution in [0.3, 0.4) is 0 Å². The number of hydrogen-bond acceptors (Lipinski definition) is 3. The van der Waals surface area contributed by atoms with E-state index in [0.717, 1.165) is 32.1 Å². The van der Waals surface area contributed by atoms with Crippen LogP contribution in [0, 0.1) is 12.8 Å². The third-order valence-electron chi connectivity index (χ3n) is 3.30. The predicted octanol–water partition coefficient (Wildman–Crippen LogP) is 2.93. The van der Waals surface area contributed by atoms with E-state index < -0.39 is 0 Å². The van der Waals surface area contributed by atoms with Crippen molar-refractivity contribution in [3.05, 3.63) is 29.8 Å². The van der Waals surface area contributed by atoms with Crippen molar-refractivity contribution in [1.82, 2.24) is 9.80 Å². The molecule has 0 heterocycles. The number of rotatable bonds is 9. The highest BCUT2D eigenvalue weighted by Gasteiger charge is 2.07. The Balaban J connectivity index is 2.34. The van der Waals surface area contributed by atoms with Gasteiger partial charge in [-0.15, -0.1) is 0 Å². The van der Waals surface area contributed by atoms with Gasteiger partial charge < -0.3 is 15.1 Å². The van der Waals surface area contributed by atoms with Crippen molar-refractivity contribution >= 4 is 5.69 Å². The minimum absolute atomic E-state index is 0.719. The van der Waals surface area contributed by atoms with E-state index in [-0.39, 0.29) is 0 Å². The molecule has 114 valence electrons. The molecule has 0 aliphatic carbocycles. The molecule has 0 radical (unpaired) electrons. The van der Waals surface area contributed by atoms with E-state index >= 15 is 0 Å². The van der Waals surface area contributed by atoms with Gasteiger partial charge in [0.2, 0.25) is 0 Å². The van der Waals surface area contributed by atoms with E-state index in [1.807, 2.05) is 0 Å². The van der Waals surface area contributed by atoms with Gasteiger partial charge in [0.15, 0.2) is 0 Å². The van der Waals surface area contributed by atoms with Gasteiger partial charge in [0, 0.05) is 38.4 Å². The maximum absolute atomic E-state index is 3.51. The molecule has 0 fully saturated rings. The Kier molecular flexibility index (Phi) is 7.63. The van der Waals surface area contributed by atoms with Crippen LogP contribution in [0.25, 0.3) is 0 Å². The second-order valence-electron chi connectivity index (χ2n) is 6.29. The molecule has 0 aliphatic heterocycles. The number of anilines is 1. The molecule has 0 unspecified atom stereocenters. The first-order valence-electron chi connectivity index (χ1n) is 7.65. The zero-order valence-corrected chi connectivity index (χ0v) is 13.8. The van der Waals surface area contributed by atoms with Crippen molar-refractivity contribution in [2.75, 3.05) is 52.1 Å². The minimum Gasteiger partial charge on any atom is -0.384 e. The number of benzene rings is 1. The van der Waals surface area contributed by atoms with Crippen LogP contribution in [-0.4, -0.2) is 56.6 Å². The Hall–Kier alpha value is -1.06. The monoisotopic (exact) mass is 277 g/mol. The van der Waals surface area contributed by atoms with Gasteiger partial charge in [-0.2, -0.15) is 0 Å². The molecule has 0 atom stereocenters. The first-order chi connectivity index (χ1) is 9.47. The maximum Gasteiger partial charge on any atom is 0.0340 e. The summed E-state index contributed by atoms with van der Waals surface area (Å²) in [6.07, 6.45) is 0. The van der Waals surface area contributed by atoms with Crippen LogP contribution in [0.5, 0.6) is 0 Å². The number of hydrogen-bond donors (Lipinski definition) is 1. The molecule has 0 bridgehead atoms. The summed E-state index contributed by atoms with van der Waals surface area (Å²) in [6, 6.07) is 8.62. The minimum atomic E-state index is 0.719. The fourth-order valence-electron chi connectivity index (χ4n) is 2.18. The first kappa shape index (κ1) is 17.0. The van der Waals surface area contributed by atoms with Crippen LogP contribution in [0.2, 0.25) is 0 Å². The molecule has 1 rings (SSSR count). The van der Waals surface area contributed by atoms with E-state index in [1.54, 1.807) is 0 Å². The molecule has 0 aliphatic rings. The van der Waals surface area contributed by atoms with Crippen molar-refractivity contribution in [2.24, 2.45) is 5.92 Å². The Labute approximate surface area is 125 Å². The lowest BCUT2D eigenvalue weighted by molar-refractivity contribution is 0.226. The Morgan fingerprint density at radius 1 is 1.00 bits per heavy atom. The largest absolute Gasteiger partial charge is 0.384 e. The van der Waals surface area contributed by atoms with Crippen molar-refractivity contribution < 1.29 is 0 Å². The molecular weight excluding hydrogens is 246 g/mol. The van der Waals surface area contributed by atoms with E-state index in [1.165, 1.54) is 17.8 Å². The third-order valence-corrected chi connectivity index (χ3v) is 3.30. The lowest BCUT2D eigenvalue weighted by atomic mass is 10.2. The normalized spacial score (nSPS) is 11.6. The fourth-order valence-corrected chi connectivity index (χ4v) is 2.18. The van der Waals surface area contributed by atoms with Crippen LogP contribution in [0.15, 0.2) is 24.3 Å². The smallest absolute Gasteiger partial charge is 0.0340 e. The fraction of sp³-hybridized carbons (Fsp3) is 0.647. The van der Waals surface area contributed by atoms with E-state index in [2.05, 4.69) is 74.2 Å². The van der Waals surface area contributed by atoms with Crippen molar-refractivity contribution in [3.8, 4) is 0 Å². The summed E-state index contributed by atoms with van der Waals surface area (Å²) in [5, 5.41) is 3.51. The quantitative estimate of drug-likeness (QED) is 0.749. The average molecular weight is 277 g/mol. The molecule has 1 aromatic rings. The third kappa shape index (κ3) is 7.51. The molecule has 0 saturated carbocycles. The summed E-state index contributed by atoms with van der Waals surface area (Å²) in [6.45, 7) is 12.2. The lowest BCUT2D eigenvalue weighted by Gasteiger charge is -2.26. The Bertz CT molecular complexity index is 357. The van der Waals surface area contributed by atoms with Crippen LogP contribution in [0.4, 0.5) is 5.69 Å². The Morgan fingerprint density at radius 3 is 2.20 bits per heavy atom. The number of likely N-dealkylation sites (N-methyl/N-ethyl adjacent to an activating group) is 1. The van der Waals surface area contributed by atoms with Crippen LogP contribution >= 0.6 is 0 Å². The first-order valence-corrected chi connectivity index (χ1v) is 7.65. The molecule has 0 spiro atoms. The number of nitrogens with zero attached hydrogens (tertiary/aromatic N) is 2. The summed E-state index contributed by atoms with van der Waals surface area (Å²) >= 11 is 0. The summed E-state index contributed by atoms with van der Waals surface area (Å²) in [5.74, 6) is 0.719. The SMILES string of the molecule is Cc1ccc(NCCN(CCN(C)C)CC(C)C)cc1. The Morgan fingerprint density at radius 2 is 1.65 bits per heavy atom. The molecular formula is C17H31N3. The van der Waals surface area contributed by atoms with E-state index in [9.17, 15) is 0 Å². The molecule has 3 heteroatoms. The predicted molar refractivity (Wildman–Crippen MR) is 89.5 cm³/mol. The van der Waals surface area contributed by atoms with Crippen LogP contribution < -0.4 is 5.32 Å². The van der Waals surface area contributed by atoms with Gasteiger partial charge >= 0.3 is 0 Å². The van der Waals surface area contributed by atoms with Gasteiger partial charge in [-0.3, -0.25) is 0 Å². The lowest BCUT2D eigenvalue weighted by Crippen LogP contribution is -2.37. The molecule has 20 heavy (non-hydrogen) atoms. The highest BCUT2D eigenvalue weighted by Crippen LogP contribution is 2.08. The van der Waals surface area contributed by atoms with Gasteiger partial charge in [0.05, 0.1) is 0 Å². The van der Waals surface area contributed by atoms with Crippen LogP contribution in [0.1, 0.15) is 19.4 Å². The van der Waals surface area contributed by atoms with Crippen molar-refractivity contribution in [2.45, 2.75) is 20.8 Å². The average Bonchev–Trinajstić information content (AvgIpc) is 2.37. The summed E-state index contributed by atoms with van der Waals surface area (Å²) in [7, 11) is 4.27. The van der Waals surface area contributed by atoms with Gasteiger partial charge in [-0.1, -0.05) is 31.5 Å². The summed E-state index contributed by atoms with van der Waals surface area (Å²) < 4.78 is 0. The van der Waals surface area contributed by atoms with Gasteiger partial charge in [0.25, 0.3) is 0 Å². The standard InChI is InChI=1S/C17H31N3/c1-15(2)14-20(13-12-19(4)5)11-10-18-17-8-6-16(3)7-9-17/h6-9,15,18H,10-14H2,1-5H3. The molecule has 0 aromatic heterocycles. The second kappa shape index (κ2) is 8.98. The van der Waals surface area contributed by atoms with Crippen molar-refractivity contribution in [1.29, 1.82) is 0 Å². The second-order valence-corrected chi connectivity index (χ2v) is 6.29. The molecule has 1 N–H and O–H groups in total. The zero-order valence-electron chi connectivity index (χ0n) is 13.8. The molecule has 3 nitrogen and oxygen atoms in total. The van der Waals surface area contributed by atoms with Gasteiger partial charge in [-0.25, -0.2) is 0 Å². The van der Waals surface area contributed by atoms with Crippen LogP contribution in [-0.2, 0) is 0 Å². The van der Waals surface area contributed by atoms with Gasteiger partial charge in [-0.05, 0) is 39.1 Å².